The molecule has 3 N–H and O–H groups in total. The zero-order chi connectivity index (χ0) is 23.1. The zero-order valence-electron chi connectivity index (χ0n) is 16.8. The fourth-order valence-corrected chi connectivity index (χ4v) is 2.81. The van der Waals surface area contributed by atoms with Crippen molar-refractivity contribution in [1.82, 2.24) is 15.3 Å². The first-order valence-electron chi connectivity index (χ1n) is 9.32. The van der Waals surface area contributed by atoms with E-state index in [1.165, 1.54) is 19.2 Å². The molecule has 0 aliphatic carbocycles. The Bertz CT molecular complexity index is 1100. The maximum atomic E-state index is 12.7. The van der Waals surface area contributed by atoms with Gasteiger partial charge in [0.25, 0.3) is 11.5 Å². The van der Waals surface area contributed by atoms with E-state index in [0.717, 1.165) is 18.2 Å². The fraction of sp³-hybridized carbons (Fsp3) is 0.190. The number of hydrogen-bond acceptors (Lipinski definition) is 6. The largest absolute Gasteiger partial charge is 0.573 e. The number of ether oxygens (including phenoxy) is 2. The SMILES string of the molecule is COCC(NC(=O)c1cc(=O)[nH]c(Nc2ccccc2)n1)c1ccc(OC(F)(F)F)cc1. The lowest BCUT2D eigenvalue weighted by Crippen LogP contribution is -2.33. The van der Waals surface area contributed by atoms with E-state index < -0.39 is 29.6 Å². The Kier molecular flexibility index (Phi) is 7.11. The maximum absolute atomic E-state index is 12.7. The first-order chi connectivity index (χ1) is 15.2. The number of benzene rings is 2. The van der Waals surface area contributed by atoms with Crippen molar-refractivity contribution in [1.29, 1.82) is 0 Å². The molecule has 1 heterocycles. The van der Waals surface area contributed by atoms with E-state index in [9.17, 15) is 22.8 Å². The molecular formula is C21H19F3N4O4. The molecule has 0 aliphatic rings. The van der Waals surface area contributed by atoms with E-state index in [1.54, 1.807) is 24.3 Å². The van der Waals surface area contributed by atoms with Gasteiger partial charge in [0.1, 0.15) is 11.4 Å². The maximum Gasteiger partial charge on any atom is 0.573 e. The zero-order valence-corrected chi connectivity index (χ0v) is 16.8. The number of aromatic amines is 1. The minimum Gasteiger partial charge on any atom is -0.406 e. The van der Waals surface area contributed by atoms with Gasteiger partial charge in [-0.05, 0) is 29.8 Å². The summed E-state index contributed by atoms with van der Waals surface area (Å²) in [5, 5.41) is 5.56. The van der Waals surface area contributed by atoms with Crippen LogP contribution < -0.4 is 20.9 Å². The van der Waals surface area contributed by atoms with Crippen molar-refractivity contribution in [2.75, 3.05) is 19.0 Å². The van der Waals surface area contributed by atoms with Gasteiger partial charge in [-0.25, -0.2) is 4.98 Å². The summed E-state index contributed by atoms with van der Waals surface area (Å²) in [6, 6.07) is 14.3. The molecule has 1 amide bonds. The second kappa shape index (κ2) is 9.96. The van der Waals surface area contributed by atoms with Gasteiger partial charge in [0, 0.05) is 18.9 Å². The smallest absolute Gasteiger partial charge is 0.406 e. The Morgan fingerprint density at radius 3 is 2.44 bits per heavy atom. The predicted molar refractivity (Wildman–Crippen MR) is 110 cm³/mol. The van der Waals surface area contributed by atoms with Gasteiger partial charge >= 0.3 is 6.36 Å². The Morgan fingerprint density at radius 1 is 1.12 bits per heavy atom. The summed E-state index contributed by atoms with van der Waals surface area (Å²) in [5.74, 6) is -0.979. The molecule has 11 heteroatoms. The second-order valence-electron chi connectivity index (χ2n) is 6.57. The van der Waals surface area contributed by atoms with Gasteiger partial charge in [0.2, 0.25) is 5.95 Å². The Balaban J connectivity index is 1.76. The number of carbonyl (C=O) groups excluding carboxylic acids is 1. The van der Waals surface area contributed by atoms with Crippen LogP contribution >= 0.6 is 0 Å². The van der Waals surface area contributed by atoms with Crippen LogP contribution in [0.4, 0.5) is 24.8 Å². The van der Waals surface area contributed by atoms with Gasteiger partial charge in [-0.1, -0.05) is 30.3 Å². The molecule has 0 saturated heterocycles. The quantitative estimate of drug-likeness (QED) is 0.487. The third kappa shape index (κ3) is 6.57. The number of para-hydroxylation sites is 1. The molecule has 8 nitrogen and oxygen atoms in total. The highest BCUT2D eigenvalue weighted by atomic mass is 19.4. The highest BCUT2D eigenvalue weighted by Crippen LogP contribution is 2.24. The van der Waals surface area contributed by atoms with Crippen LogP contribution in [-0.2, 0) is 4.74 Å². The van der Waals surface area contributed by atoms with Gasteiger partial charge in [-0.2, -0.15) is 0 Å². The summed E-state index contributed by atoms with van der Waals surface area (Å²) in [6.07, 6.45) is -4.81. The number of carbonyl (C=O) groups is 1. The van der Waals surface area contributed by atoms with Crippen molar-refractivity contribution in [3.63, 3.8) is 0 Å². The van der Waals surface area contributed by atoms with Crippen molar-refractivity contribution < 1.29 is 27.4 Å². The number of rotatable bonds is 8. The number of aromatic nitrogens is 2. The predicted octanol–water partition coefficient (Wildman–Crippen LogP) is 3.53. The third-order valence-corrected chi connectivity index (χ3v) is 4.17. The van der Waals surface area contributed by atoms with E-state index in [4.69, 9.17) is 4.74 Å². The molecular weight excluding hydrogens is 429 g/mol. The van der Waals surface area contributed by atoms with Crippen LogP contribution in [0, 0.1) is 0 Å². The lowest BCUT2D eigenvalue weighted by molar-refractivity contribution is -0.274. The standard InChI is InChI=1S/C21H19F3N4O4/c1-31-12-17(13-7-9-15(10-8-13)32-21(22,23)24)26-19(30)16-11-18(29)28-20(27-16)25-14-5-3-2-4-6-14/h2-11,17H,12H2,1H3,(H,26,30)(H2,25,27,28,29). The number of nitrogens with zero attached hydrogens (tertiary/aromatic N) is 1. The van der Waals surface area contributed by atoms with Gasteiger partial charge in [0.15, 0.2) is 0 Å². The van der Waals surface area contributed by atoms with Crippen LogP contribution in [0.15, 0.2) is 65.5 Å². The van der Waals surface area contributed by atoms with Crippen LogP contribution in [0.1, 0.15) is 22.1 Å². The number of hydrogen-bond donors (Lipinski definition) is 3. The summed E-state index contributed by atoms with van der Waals surface area (Å²) in [5.41, 5.74) is 0.444. The molecule has 0 radical (unpaired) electrons. The van der Waals surface area contributed by atoms with Crippen LogP contribution in [0.5, 0.6) is 5.75 Å². The van der Waals surface area contributed by atoms with E-state index in [1.807, 2.05) is 6.07 Å². The molecule has 3 aromatic rings. The average Bonchev–Trinajstić information content (AvgIpc) is 2.73. The first-order valence-corrected chi connectivity index (χ1v) is 9.32. The molecule has 1 aromatic heterocycles. The molecule has 2 aromatic carbocycles. The Morgan fingerprint density at radius 2 is 1.81 bits per heavy atom. The van der Waals surface area contributed by atoms with Crippen molar-refractivity contribution in [2.45, 2.75) is 12.4 Å². The molecule has 168 valence electrons. The number of alkyl halides is 3. The highest BCUT2D eigenvalue weighted by Gasteiger charge is 2.31. The number of anilines is 2. The first kappa shape index (κ1) is 22.8. The second-order valence-corrected chi connectivity index (χ2v) is 6.57. The van der Waals surface area contributed by atoms with Crippen LogP contribution in [0.3, 0.4) is 0 Å². The third-order valence-electron chi connectivity index (χ3n) is 4.17. The monoisotopic (exact) mass is 448 g/mol. The van der Waals surface area contributed by atoms with Crippen LogP contribution in [0.2, 0.25) is 0 Å². The van der Waals surface area contributed by atoms with E-state index in [0.29, 0.717) is 11.3 Å². The molecule has 3 rings (SSSR count). The van der Waals surface area contributed by atoms with Crippen molar-refractivity contribution in [2.24, 2.45) is 0 Å². The van der Waals surface area contributed by atoms with Crippen molar-refractivity contribution >= 4 is 17.5 Å². The molecule has 0 saturated carbocycles. The van der Waals surface area contributed by atoms with Crippen LogP contribution in [0.25, 0.3) is 0 Å². The summed E-state index contributed by atoms with van der Waals surface area (Å²) < 4.78 is 46.0. The summed E-state index contributed by atoms with van der Waals surface area (Å²) in [4.78, 5) is 31.3. The van der Waals surface area contributed by atoms with E-state index >= 15 is 0 Å². The number of H-pyrrole nitrogens is 1. The normalized spacial score (nSPS) is 12.1. The Hall–Kier alpha value is -3.86. The summed E-state index contributed by atoms with van der Waals surface area (Å²) >= 11 is 0. The topological polar surface area (TPSA) is 105 Å². The number of nitrogens with one attached hydrogen (secondary N) is 3. The molecule has 1 atom stereocenters. The molecule has 0 spiro atoms. The molecule has 32 heavy (non-hydrogen) atoms. The number of methoxy groups -OCH3 is 1. The number of amides is 1. The summed E-state index contributed by atoms with van der Waals surface area (Å²) in [7, 11) is 1.41. The van der Waals surface area contributed by atoms with Gasteiger partial charge in [-0.15, -0.1) is 13.2 Å². The number of halogens is 3. The van der Waals surface area contributed by atoms with Crippen LogP contribution in [-0.4, -0.2) is 36.0 Å². The van der Waals surface area contributed by atoms with Crippen molar-refractivity contribution in [3.05, 3.63) is 82.3 Å². The lowest BCUT2D eigenvalue weighted by Gasteiger charge is -2.19. The Labute approximate surface area is 180 Å². The van der Waals surface area contributed by atoms with Gasteiger partial charge < -0.3 is 20.1 Å². The molecule has 1 unspecified atom stereocenters. The van der Waals surface area contributed by atoms with E-state index in [-0.39, 0.29) is 18.2 Å². The van der Waals surface area contributed by atoms with Gasteiger partial charge in [0.05, 0.1) is 12.6 Å². The molecule has 0 fully saturated rings. The minimum absolute atomic E-state index is 0.0313. The molecule has 0 aliphatic heterocycles. The fourth-order valence-electron chi connectivity index (χ4n) is 2.81. The average molecular weight is 448 g/mol. The lowest BCUT2D eigenvalue weighted by atomic mass is 10.1. The summed E-state index contributed by atoms with van der Waals surface area (Å²) in [6.45, 7) is 0.0313. The van der Waals surface area contributed by atoms with Gasteiger partial charge in [-0.3, -0.25) is 14.6 Å². The minimum atomic E-state index is -4.81. The molecule has 0 bridgehead atoms. The van der Waals surface area contributed by atoms with E-state index in [2.05, 4.69) is 25.3 Å². The van der Waals surface area contributed by atoms with Crippen molar-refractivity contribution in [3.8, 4) is 5.75 Å². The highest BCUT2D eigenvalue weighted by molar-refractivity contribution is 5.92.